The third-order valence-corrected chi connectivity index (χ3v) is 2.90. The fourth-order valence-electron chi connectivity index (χ4n) is 1.92. The molecule has 1 atom stereocenters. The molecule has 0 spiro atoms. The molecule has 1 amide bonds. The molecule has 100 valence electrons. The highest BCUT2D eigenvalue weighted by Crippen LogP contribution is 2.12. The first-order valence-electron chi connectivity index (χ1n) is 6.20. The molecule has 1 unspecified atom stereocenters. The molecule has 0 saturated heterocycles. The summed E-state index contributed by atoms with van der Waals surface area (Å²) in [4.78, 5) is 12.2. The van der Waals surface area contributed by atoms with Gasteiger partial charge in [-0.1, -0.05) is 6.07 Å². The van der Waals surface area contributed by atoms with Crippen LogP contribution in [0.3, 0.4) is 0 Å². The van der Waals surface area contributed by atoms with E-state index in [1.807, 2.05) is 32.2 Å². The molecular formula is C14H18N4O. The standard InChI is InChI=1S/C14H18N4O/c1-10-4-5-12(15)8-13(10)14(19)17-11(2)9-18-7-3-6-16-18/h3-8,11H,9,15H2,1-2H3,(H,17,19). The van der Waals surface area contributed by atoms with E-state index in [0.29, 0.717) is 17.8 Å². The number of nitrogen functional groups attached to an aromatic ring is 1. The maximum Gasteiger partial charge on any atom is 0.251 e. The minimum Gasteiger partial charge on any atom is -0.399 e. The Labute approximate surface area is 112 Å². The zero-order valence-electron chi connectivity index (χ0n) is 11.1. The molecule has 2 rings (SSSR count). The highest BCUT2D eigenvalue weighted by molar-refractivity contribution is 5.96. The second-order valence-corrected chi connectivity index (χ2v) is 4.68. The van der Waals surface area contributed by atoms with Crippen LogP contribution in [0.4, 0.5) is 5.69 Å². The Bertz CT molecular complexity index is 563. The van der Waals surface area contributed by atoms with Crippen LogP contribution < -0.4 is 11.1 Å². The van der Waals surface area contributed by atoms with Crippen LogP contribution in [-0.2, 0) is 6.54 Å². The van der Waals surface area contributed by atoms with Crippen LogP contribution in [0.15, 0.2) is 36.7 Å². The summed E-state index contributed by atoms with van der Waals surface area (Å²) in [6.07, 6.45) is 3.59. The number of aryl methyl sites for hydroxylation is 1. The maximum absolute atomic E-state index is 12.2. The zero-order chi connectivity index (χ0) is 13.8. The number of amides is 1. The molecule has 1 aromatic heterocycles. The number of anilines is 1. The lowest BCUT2D eigenvalue weighted by atomic mass is 10.1. The van der Waals surface area contributed by atoms with Gasteiger partial charge >= 0.3 is 0 Å². The Balaban J connectivity index is 2.02. The van der Waals surface area contributed by atoms with Gasteiger partial charge in [0.1, 0.15) is 0 Å². The average molecular weight is 258 g/mol. The number of carbonyl (C=O) groups excluding carboxylic acids is 1. The number of nitrogens with zero attached hydrogens (tertiary/aromatic N) is 2. The fraction of sp³-hybridized carbons (Fsp3) is 0.286. The fourth-order valence-corrected chi connectivity index (χ4v) is 1.92. The first-order valence-corrected chi connectivity index (χ1v) is 6.20. The van der Waals surface area contributed by atoms with Gasteiger partial charge in [0.2, 0.25) is 0 Å². The van der Waals surface area contributed by atoms with Gasteiger partial charge < -0.3 is 11.1 Å². The number of hydrogen-bond acceptors (Lipinski definition) is 3. The van der Waals surface area contributed by atoms with Crippen molar-refractivity contribution >= 4 is 11.6 Å². The van der Waals surface area contributed by atoms with Gasteiger partial charge in [-0.2, -0.15) is 5.10 Å². The molecule has 0 aliphatic rings. The van der Waals surface area contributed by atoms with Crippen LogP contribution in [0.25, 0.3) is 0 Å². The van der Waals surface area contributed by atoms with E-state index in [2.05, 4.69) is 10.4 Å². The van der Waals surface area contributed by atoms with Gasteiger partial charge in [-0.3, -0.25) is 9.48 Å². The normalized spacial score (nSPS) is 12.1. The van der Waals surface area contributed by atoms with Gasteiger partial charge in [-0.15, -0.1) is 0 Å². The van der Waals surface area contributed by atoms with Crippen molar-refractivity contribution in [3.63, 3.8) is 0 Å². The second kappa shape index (κ2) is 5.56. The summed E-state index contributed by atoms with van der Waals surface area (Å²) in [5.74, 6) is -0.107. The van der Waals surface area contributed by atoms with E-state index in [4.69, 9.17) is 5.73 Å². The lowest BCUT2D eigenvalue weighted by molar-refractivity contribution is 0.0935. The summed E-state index contributed by atoms with van der Waals surface area (Å²) >= 11 is 0. The van der Waals surface area contributed by atoms with Crippen molar-refractivity contribution in [1.29, 1.82) is 0 Å². The van der Waals surface area contributed by atoms with Crippen molar-refractivity contribution in [2.75, 3.05) is 5.73 Å². The maximum atomic E-state index is 12.2. The molecule has 3 N–H and O–H groups in total. The number of aromatic nitrogens is 2. The molecule has 0 bridgehead atoms. The van der Waals surface area contributed by atoms with E-state index in [1.165, 1.54) is 0 Å². The van der Waals surface area contributed by atoms with Crippen LogP contribution in [0.5, 0.6) is 0 Å². The molecule has 5 nitrogen and oxygen atoms in total. The summed E-state index contributed by atoms with van der Waals surface area (Å²) in [7, 11) is 0. The predicted molar refractivity (Wildman–Crippen MR) is 74.7 cm³/mol. The molecule has 0 radical (unpaired) electrons. The molecule has 0 aliphatic carbocycles. The second-order valence-electron chi connectivity index (χ2n) is 4.68. The number of nitrogens with one attached hydrogen (secondary N) is 1. The van der Waals surface area contributed by atoms with Crippen LogP contribution in [0, 0.1) is 6.92 Å². The molecule has 5 heteroatoms. The molecular weight excluding hydrogens is 240 g/mol. The van der Waals surface area contributed by atoms with Gasteiger partial charge in [0.05, 0.1) is 6.54 Å². The third-order valence-electron chi connectivity index (χ3n) is 2.90. The van der Waals surface area contributed by atoms with E-state index >= 15 is 0 Å². The van der Waals surface area contributed by atoms with E-state index in [1.54, 1.807) is 23.0 Å². The highest BCUT2D eigenvalue weighted by Gasteiger charge is 2.12. The predicted octanol–water partition coefficient (Wildman–Crippen LogP) is 1.59. The van der Waals surface area contributed by atoms with Gasteiger partial charge in [0.15, 0.2) is 0 Å². The van der Waals surface area contributed by atoms with Crippen molar-refractivity contribution in [1.82, 2.24) is 15.1 Å². The van der Waals surface area contributed by atoms with Crippen LogP contribution in [0.1, 0.15) is 22.8 Å². The van der Waals surface area contributed by atoms with Crippen molar-refractivity contribution in [3.8, 4) is 0 Å². The van der Waals surface area contributed by atoms with E-state index < -0.39 is 0 Å². The lowest BCUT2D eigenvalue weighted by Crippen LogP contribution is -2.36. The number of nitrogens with two attached hydrogens (primary N) is 1. The molecule has 0 saturated carbocycles. The zero-order valence-corrected chi connectivity index (χ0v) is 11.1. The molecule has 1 aromatic carbocycles. The summed E-state index contributed by atoms with van der Waals surface area (Å²) in [5, 5.41) is 7.06. The number of rotatable bonds is 4. The Kier molecular flexibility index (Phi) is 3.85. The lowest BCUT2D eigenvalue weighted by Gasteiger charge is -2.15. The van der Waals surface area contributed by atoms with Gasteiger partial charge in [-0.25, -0.2) is 0 Å². The van der Waals surface area contributed by atoms with Gasteiger partial charge in [0, 0.05) is 29.7 Å². The molecule has 0 aliphatic heterocycles. The minimum atomic E-state index is -0.107. The molecule has 1 heterocycles. The van der Waals surface area contributed by atoms with E-state index in [0.717, 1.165) is 5.56 Å². The Morgan fingerprint density at radius 3 is 3.00 bits per heavy atom. The van der Waals surface area contributed by atoms with Crippen LogP contribution >= 0.6 is 0 Å². The number of carbonyl (C=O) groups is 1. The Morgan fingerprint density at radius 1 is 1.53 bits per heavy atom. The molecule has 0 fully saturated rings. The summed E-state index contributed by atoms with van der Waals surface area (Å²) in [5.41, 5.74) is 7.84. The Morgan fingerprint density at radius 2 is 2.32 bits per heavy atom. The monoisotopic (exact) mass is 258 g/mol. The average Bonchev–Trinajstić information content (AvgIpc) is 2.84. The van der Waals surface area contributed by atoms with Crippen molar-refractivity contribution in [2.24, 2.45) is 0 Å². The minimum absolute atomic E-state index is 0.00627. The quantitative estimate of drug-likeness (QED) is 0.818. The first-order chi connectivity index (χ1) is 9.06. The number of hydrogen-bond donors (Lipinski definition) is 2. The largest absolute Gasteiger partial charge is 0.399 e. The summed E-state index contributed by atoms with van der Waals surface area (Å²) in [6.45, 7) is 4.48. The Hall–Kier alpha value is -2.30. The highest BCUT2D eigenvalue weighted by atomic mass is 16.1. The van der Waals surface area contributed by atoms with Crippen molar-refractivity contribution in [2.45, 2.75) is 26.4 Å². The topological polar surface area (TPSA) is 72.9 Å². The van der Waals surface area contributed by atoms with Crippen LogP contribution in [0.2, 0.25) is 0 Å². The van der Waals surface area contributed by atoms with E-state index in [9.17, 15) is 4.79 Å². The first kappa shape index (κ1) is 13.1. The summed E-state index contributed by atoms with van der Waals surface area (Å²) in [6, 6.07) is 7.19. The van der Waals surface area contributed by atoms with Crippen LogP contribution in [-0.4, -0.2) is 21.7 Å². The van der Waals surface area contributed by atoms with Gasteiger partial charge in [0.25, 0.3) is 5.91 Å². The van der Waals surface area contributed by atoms with Crippen molar-refractivity contribution in [3.05, 3.63) is 47.8 Å². The van der Waals surface area contributed by atoms with Gasteiger partial charge in [-0.05, 0) is 37.6 Å². The van der Waals surface area contributed by atoms with Crippen molar-refractivity contribution < 1.29 is 4.79 Å². The third kappa shape index (κ3) is 3.34. The molecule has 19 heavy (non-hydrogen) atoms. The smallest absolute Gasteiger partial charge is 0.251 e. The SMILES string of the molecule is Cc1ccc(N)cc1C(=O)NC(C)Cn1cccn1. The van der Waals surface area contributed by atoms with E-state index in [-0.39, 0.29) is 11.9 Å². The summed E-state index contributed by atoms with van der Waals surface area (Å²) < 4.78 is 1.79. The molecule has 2 aromatic rings. The number of benzene rings is 1.